The molecule has 2 unspecified atom stereocenters. The van der Waals surface area contributed by atoms with Gasteiger partial charge in [0.1, 0.15) is 0 Å². The van der Waals surface area contributed by atoms with Crippen LogP contribution in [-0.2, 0) is 11.2 Å². The summed E-state index contributed by atoms with van der Waals surface area (Å²) in [5, 5.41) is 15.8. The number of carbonyl (C=O) groups is 1. The fraction of sp³-hybridized carbons (Fsp3) is 0.500. The molecule has 0 aliphatic heterocycles. The Morgan fingerprint density at radius 3 is 3.04 bits per heavy atom. The van der Waals surface area contributed by atoms with Gasteiger partial charge in [0, 0.05) is 16.9 Å². The molecule has 2 atom stereocenters. The molecule has 0 aromatic carbocycles. The summed E-state index contributed by atoms with van der Waals surface area (Å²) in [6.07, 6.45) is 2.98. The summed E-state index contributed by atoms with van der Waals surface area (Å²) in [4.78, 5) is 16.2. The molecule has 2 aliphatic carbocycles. The summed E-state index contributed by atoms with van der Waals surface area (Å²) in [7, 11) is 1.22. The minimum Gasteiger partial charge on any atom is -0.619 e. The summed E-state index contributed by atoms with van der Waals surface area (Å²) < 4.78 is 34.5. The van der Waals surface area contributed by atoms with Crippen LogP contribution in [0, 0.1) is 10.6 Å². The normalized spacial score (nSPS) is 24.4. The van der Waals surface area contributed by atoms with Gasteiger partial charge >= 0.3 is 5.97 Å². The first-order valence-electron chi connectivity index (χ1n) is 8.01. The number of aromatic nitrogens is 4. The van der Waals surface area contributed by atoms with Crippen LogP contribution in [0.4, 0.5) is 8.78 Å². The Labute approximate surface area is 141 Å². The molecule has 2 aliphatic rings. The molecule has 0 amide bonds. The van der Waals surface area contributed by atoms with Gasteiger partial charge in [-0.1, -0.05) is 6.42 Å². The predicted octanol–water partition coefficient (Wildman–Crippen LogP) is 1.76. The van der Waals surface area contributed by atoms with E-state index in [1.54, 1.807) is 0 Å². The van der Waals surface area contributed by atoms with Crippen molar-refractivity contribution >= 4 is 5.97 Å². The molecule has 132 valence electrons. The van der Waals surface area contributed by atoms with Crippen LogP contribution in [0.1, 0.15) is 46.9 Å². The van der Waals surface area contributed by atoms with Gasteiger partial charge in [-0.3, -0.25) is 0 Å². The van der Waals surface area contributed by atoms with E-state index < -0.39 is 23.7 Å². The fourth-order valence-corrected chi connectivity index (χ4v) is 4.29. The number of carbonyl (C=O) groups excluding carboxylic acids is 1. The second-order valence-corrected chi connectivity index (χ2v) is 6.55. The van der Waals surface area contributed by atoms with E-state index in [0.29, 0.717) is 35.3 Å². The minimum absolute atomic E-state index is 0.0232. The Kier molecular flexibility index (Phi) is 3.48. The second-order valence-electron chi connectivity index (χ2n) is 6.55. The van der Waals surface area contributed by atoms with Crippen molar-refractivity contribution in [3.8, 4) is 5.82 Å². The molecule has 7 nitrogen and oxygen atoms in total. The Morgan fingerprint density at radius 2 is 2.36 bits per heavy atom. The Balaban J connectivity index is 1.93. The molecule has 2 heterocycles. The third-order valence-electron chi connectivity index (χ3n) is 5.38. The zero-order valence-electron chi connectivity index (χ0n) is 13.5. The highest BCUT2D eigenvalue weighted by Gasteiger charge is 2.58. The number of rotatable bonds is 3. The Bertz CT molecular complexity index is 854. The molecule has 2 aromatic heterocycles. The van der Waals surface area contributed by atoms with E-state index in [1.165, 1.54) is 30.4 Å². The molecule has 0 N–H and O–H groups in total. The minimum atomic E-state index is -2.50. The number of hydrogen-bond donors (Lipinski definition) is 0. The van der Waals surface area contributed by atoms with E-state index in [1.807, 2.05) is 0 Å². The zero-order chi connectivity index (χ0) is 17.8. The topological polar surface area (TPSA) is 84.0 Å². The molecule has 0 radical (unpaired) electrons. The molecule has 1 fully saturated rings. The van der Waals surface area contributed by atoms with Crippen molar-refractivity contribution in [3.63, 3.8) is 0 Å². The summed E-state index contributed by atoms with van der Waals surface area (Å²) in [5.41, 5.74) is -0.118. The summed E-state index contributed by atoms with van der Waals surface area (Å²) in [6, 6.07) is 0. The average Bonchev–Trinajstić information content (AvgIpc) is 3.22. The van der Waals surface area contributed by atoms with E-state index in [4.69, 9.17) is 4.74 Å². The zero-order valence-corrected chi connectivity index (χ0v) is 13.5. The fourth-order valence-electron chi connectivity index (χ4n) is 4.29. The lowest BCUT2D eigenvalue weighted by atomic mass is 9.79. The first-order valence-corrected chi connectivity index (χ1v) is 8.01. The molecule has 2 aromatic rings. The van der Waals surface area contributed by atoms with E-state index in [0.717, 1.165) is 0 Å². The standard InChI is InChI=1S/C16H16F2N4O3/c1-25-14(23)12-9-7-16(15(17)18)4-2-3-10(16)13(9)22(20-12)11-8-21(24)6-5-19-11/h5-6,8,10,15H,2-4,7H2,1H3. The maximum atomic E-state index is 13.9. The van der Waals surface area contributed by atoms with Crippen LogP contribution in [0.3, 0.4) is 0 Å². The van der Waals surface area contributed by atoms with Gasteiger partial charge in [0.15, 0.2) is 11.9 Å². The molecule has 1 saturated carbocycles. The van der Waals surface area contributed by atoms with Crippen LogP contribution in [-0.4, -0.2) is 34.3 Å². The van der Waals surface area contributed by atoms with Crippen molar-refractivity contribution < 1.29 is 23.0 Å². The van der Waals surface area contributed by atoms with Crippen molar-refractivity contribution in [3.05, 3.63) is 40.7 Å². The number of halogens is 2. The van der Waals surface area contributed by atoms with Gasteiger partial charge in [0.25, 0.3) is 0 Å². The second kappa shape index (κ2) is 5.47. The number of nitrogens with zero attached hydrogens (tertiary/aromatic N) is 4. The number of hydrogen-bond acceptors (Lipinski definition) is 5. The monoisotopic (exact) mass is 350 g/mol. The molecular weight excluding hydrogens is 334 g/mol. The molecule has 25 heavy (non-hydrogen) atoms. The maximum absolute atomic E-state index is 13.9. The highest BCUT2D eigenvalue weighted by molar-refractivity contribution is 5.89. The average molecular weight is 350 g/mol. The van der Waals surface area contributed by atoms with E-state index >= 15 is 0 Å². The molecular formula is C16H16F2N4O3. The number of alkyl halides is 2. The van der Waals surface area contributed by atoms with E-state index in [-0.39, 0.29) is 17.9 Å². The van der Waals surface area contributed by atoms with Crippen LogP contribution < -0.4 is 4.73 Å². The number of ether oxygens (including phenoxy) is 1. The first kappa shape index (κ1) is 15.9. The highest BCUT2D eigenvalue weighted by atomic mass is 19.3. The third kappa shape index (κ3) is 2.14. The summed E-state index contributed by atoms with van der Waals surface area (Å²) in [6.45, 7) is 0. The quantitative estimate of drug-likeness (QED) is 0.478. The lowest BCUT2D eigenvalue weighted by molar-refractivity contribution is -0.605. The number of esters is 1. The van der Waals surface area contributed by atoms with Crippen molar-refractivity contribution in [1.82, 2.24) is 14.8 Å². The van der Waals surface area contributed by atoms with Gasteiger partial charge in [-0.05, 0) is 19.3 Å². The van der Waals surface area contributed by atoms with Gasteiger partial charge in [-0.2, -0.15) is 9.83 Å². The van der Waals surface area contributed by atoms with Crippen LogP contribution in [0.5, 0.6) is 0 Å². The summed E-state index contributed by atoms with van der Waals surface area (Å²) >= 11 is 0. The SMILES string of the molecule is COC(=O)c1nn(-c2c[n+]([O-])ccn2)c2c1CC1(C(F)F)CCCC21. The van der Waals surface area contributed by atoms with E-state index in [2.05, 4.69) is 10.1 Å². The molecule has 0 spiro atoms. The van der Waals surface area contributed by atoms with Crippen LogP contribution in [0.25, 0.3) is 5.82 Å². The Hall–Kier alpha value is -2.58. The van der Waals surface area contributed by atoms with Gasteiger partial charge in [-0.15, -0.1) is 0 Å². The predicted molar refractivity (Wildman–Crippen MR) is 80.4 cm³/mol. The van der Waals surface area contributed by atoms with Crippen molar-refractivity contribution in [2.24, 2.45) is 5.41 Å². The van der Waals surface area contributed by atoms with Gasteiger partial charge in [0.05, 0.1) is 19.0 Å². The van der Waals surface area contributed by atoms with Crippen LogP contribution >= 0.6 is 0 Å². The lowest BCUT2D eigenvalue weighted by Gasteiger charge is -2.29. The van der Waals surface area contributed by atoms with Crippen LogP contribution in [0.15, 0.2) is 18.6 Å². The molecule has 9 heteroatoms. The lowest BCUT2D eigenvalue weighted by Crippen LogP contribution is -2.31. The molecule has 4 rings (SSSR count). The van der Waals surface area contributed by atoms with Crippen molar-refractivity contribution in [1.29, 1.82) is 0 Å². The van der Waals surface area contributed by atoms with Gasteiger partial charge in [0.2, 0.25) is 18.4 Å². The Morgan fingerprint density at radius 1 is 1.56 bits per heavy atom. The van der Waals surface area contributed by atoms with Crippen LogP contribution in [0.2, 0.25) is 0 Å². The summed E-state index contributed by atoms with van der Waals surface area (Å²) in [5.74, 6) is -0.901. The maximum Gasteiger partial charge on any atom is 0.358 e. The van der Waals surface area contributed by atoms with Gasteiger partial charge in [-0.25, -0.2) is 23.2 Å². The third-order valence-corrected chi connectivity index (χ3v) is 5.38. The van der Waals surface area contributed by atoms with Gasteiger partial charge < -0.3 is 9.94 Å². The van der Waals surface area contributed by atoms with Crippen molar-refractivity contribution in [2.75, 3.05) is 7.11 Å². The number of methoxy groups -OCH3 is 1. The van der Waals surface area contributed by atoms with Crippen molar-refractivity contribution in [2.45, 2.75) is 38.0 Å². The largest absolute Gasteiger partial charge is 0.619 e. The van der Waals surface area contributed by atoms with E-state index in [9.17, 15) is 18.8 Å². The molecule has 0 saturated heterocycles. The number of fused-ring (bicyclic) bond motifs is 3. The first-order chi connectivity index (χ1) is 12.0. The smallest absolute Gasteiger partial charge is 0.358 e. The molecule has 0 bridgehead atoms. The highest BCUT2D eigenvalue weighted by Crippen LogP contribution is 2.60.